The Morgan fingerprint density at radius 3 is 2.75 bits per heavy atom. The van der Waals surface area contributed by atoms with Crippen LogP contribution >= 0.6 is 0 Å². The average Bonchev–Trinajstić information content (AvgIpc) is 2.61. The zero-order valence-corrected chi connectivity index (χ0v) is 13.9. The van der Waals surface area contributed by atoms with E-state index < -0.39 is 12.0 Å². The molecule has 0 bridgehead atoms. The summed E-state index contributed by atoms with van der Waals surface area (Å²) in [6.07, 6.45) is 3.17. The molecule has 4 nitrogen and oxygen atoms in total. The maximum absolute atomic E-state index is 11.6. The summed E-state index contributed by atoms with van der Waals surface area (Å²) < 4.78 is 5.43. The minimum atomic E-state index is -0.796. The Labute approximate surface area is 142 Å². The third-order valence-electron chi connectivity index (χ3n) is 4.68. The molecule has 2 aromatic carbocycles. The number of rotatable bonds is 6. The molecule has 0 aliphatic heterocycles. The molecule has 3 rings (SSSR count). The van der Waals surface area contributed by atoms with E-state index in [4.69, 9.17) is 4.74 Å². The number of hydrogen-bond acceptors (Lipinski definition) is 3. The molecule has 4 heteroatoms. The van der Waals surface area contributed by atoms with E-state index >= 15 is 0 Å². The summed E-state index contributed by atoms with van der Waals surface area (Å²) in [6, 6.07) is 15.5. The van der Waals surface area contributed by atoms with Crippen LogP contribution in [0.5, 0.6) is 5.75 Å². The maximum atomic E-state index is 11.6. The lowest BCUT2D eigenvalue weighted by molar-refractivity contribution is -0.139. The highest BCUT2D eigenvalue weighted by Gasteiger charge is 2.26. The van der Waals surface area contributed by atoms with Crippen molar-refractivity contribution in [2.45, 2.75) is 37.8 Å². The number of ether oxygens (including phenoxy) is 1. The van der Waals surface area contributed by atoms with Crippen molar-refractivity contribution in [3.8, 4) is 5.75 Å². The number of carboxylic acid groups (broad SMARTS) is 1. The van der Waals surface area contributed by atoms with Gasteiger partial charge in [0.15, 0.2) is 0 Å². The first-order valence-electron chi connectivity index (χ1n) is 8.35. The molecule has 0 radical (unpaired) electrons. The number of carboxylic acids is 1. The summed E-state index contributed by atoms with van der Waals surface area (Å²) in [7, 11) is 1.69. The van der Waals surface area contributed by atoms with Crippen LogP contribution in [0.4, 0.5) is 0 Å². The van der Waals surface area contributed by atoms with Crippen LogP contribution in [-0.2, 0) is 24.1 Å². The molecule has 0 heterocycles. The van der Waals surface area contributed by atoms with Gasteiger partial charge in [0.1, 0.15) is 11.8 Å². The van der Waals surface area contributed by atoms with Crippen molar-refractivity contribution in [3.63, 3.8) is 0 Å². The second-order valence-corrected chi connectivity index (χ2v) is 6.28. The lowest BCUT2D eigenvalue weighted by Crippen LogP contribution is -2.46. The minimum Gasteiger partial charge on any atom is -0.496 e. The summed E-state index contributed by atoms with van der Waals surface area (Å²) in [4.78, 5) is 11.6. The van der Waals surface area contributed by atoms with Gasteiger partial charge in [0.2, 0.25) is 0 Å². The van der Waals surface area contributed by atoms with Gasteiger partial charge in [-0.25, -0.2) is 0 Å². The molecular weight excluding hydrogens is 302 g/mol. The van der Waals surface area contributed by atoms with Crippen molar-refractivity contribution >= 4 is 5.97 Å². The van der Waals surface area contributed by atoms with Crippen LogP contribution in [0.1, 0.15) is 23.1 Å². The molecule has 0 aromatic heterocycles. The number of methoxy groups -OCH3 is 1. The largest absolute Gasteiger partial charge is 0.496 e. The first kappa shape index (κ1) is 16.5. The third-order valence-corrected chi connectivity index (χ3v) is 4.68. The summed E-state index contributed by atoms with van der Waals surface area (Å²) in [6.45, 7) is 0. The molecule has 1 aliphatic carbocycles. The first-order chi connectivity index (χ1) is 11.7. The summed E-state index contributed by atoms with van der Waals surface area (Å²) >= 11 is 0. The number of hydrogen-bond donors (Lipinski definition) is 2. The quantitative estimate of drug-likeness (QED) is 0.857. The van der Waals surface area contributed by atoms with Gasteiger partial charge in [-0.2, -0.15) is 0 Å². The van der Waals surface area contributed by atoms with E-state index in [1.165, 1.54) is 11.1 Å². The SMILES string of the molecule is COc1cccc2c1CCC(N[C@@H](Cc1ccccc1)C(=O)O)C2. The van der Waals surface area contributed by atoms with Crippen molar-refractivity contribution < 1.29 is 14.6 Å². The van der Waals surface area contributed by atoms with E-state index in [-0.39, 0.29) is 6.04 Å². The highest BCUT2D eigenvalue weighted by Crippen LogP contribution is 2.29. The fourth-order valence-corrected chi connectivity index (χ4v) is 3.46. The molecule has 126 valence electrons. The Morgan fingerprint density at radius 2 is 2.04 bits per heavy atom. The maximum Gasteiger partial charge on any atom is 0.321 e. The fraction of sp³-hybridized carbons (Fsp3) is 0.350. The molecule has 2 aromatic rings. The van der Waals surface area contributed by atoms with Crippen LogP contribution in [0.3, 0.4) is 0 Å². The molecule has 0 spiro atoms. The number of benzene rings is 2. The van der Waals surface area contributed by atoms with Crippen LogP contribution in [0.2, 0.25) is 0 Å². The first-order valence-corrected chi connectivity index (χ1v) is 8.35. The highest BCUT2D eigenvalue weighted by atomic mass is 16.5. The molecule has 24 heavy (non-hydrogen) atoms. The molecule has 0 fully saturated rings. The van der Waals surface area contributed by atoms with Gasteiger partial charge in [-0.05, 0) is 48.4 Å². The van der Waals surface area contributed by atoms with E-state index in [9.17, 15) is 9.90 Å². The van der Waals surface area contributed by atoms with Gasteiger partial charge in [-0.15, -0.1) is 0 Å². The molecule has 0 saturated heterocycles. The standard InChI is InChI=1S/C20H23NO3/c1-24-19-9-5-8-15-13-16(10-11-17(15)19)21-18(20(22)23)12-14-6-3-2-4-7-14/h2-9,16,18,21H,10-13H2,1H3,(H,22,23)/t16?,18-/m0/s1. The number of fused-ring (bicyclic) bond motifs is 1. The lowest BCUT2D eigenvalue weighted by Gasteiger charge is -2.29. The van der Waals surface area contributed by atoms with Crippen LogP contribution < -0.4 is 10.1 Å². The summed E-state index contributed by atoms with van der Waals surface area (Å²) in [5.74, 6) is 0.139. The molecular formula is C20H23NO3. The summed E-state index contributed by atoms with van der Waals surface area (Å²) in [5.41, 5.74) is 3.55. The van der Waals surface area contributed by atoms with E-state index in [2.05, 4.69) is 11.4 Å². The van der Waals surface area contributed by atoms with E-state index in [1.807, 2.05) is 42.5 Å². The lowest BCUT2D eigenvalue weighted by atomic mass is 9.87. The topological polar surface area (TPSA) is 58.6 Å². The van der Waals surface area contributed by atoms with Crippen molar-refractivity contribution in [1.82, 2.24) is 5.32 Å². The van der Waals surface area contributed by atoms with Crippen molar-refractivity contribution in [2.75, 3.05) is 7.11 Å². The predicted molar refractivity (Wildman–Crippen MR) is 93.5 cm³/mol. The predicted octanol–water partition coefficient (Wildman–Crippen LogP) is 2.84. The van der Waals surface area contributed by atoms with Gasteiger partial charge >= 0.3 is 5.97 Å². The van der Waals surface area contributed by atoms with Crippen LogP contribution in [-0.4, -0.2) is 30.3 Å². The Bertz CT molecular complexity index is 699. The van der Waals surface area contributed by atoms with Gasteiger partial charge < -0.3 is 15.2 Å². The monoisotopic (exact) mass is 325 g/mol. The number of carbonyl (C=O) groups is 1. The highest BCUT2D eigenvalue weighted by molar-refractivity contribution is 5.74. The van der Waals surface area contributed by atoms with Crippen LogP contribution in [0, 0.1) is 0 Å². The molecule has 1 aliphatic rings. The van der Waals surface area contributed by atoms with Crippen molar-refractivity contribution in [1.29, 1.82) is 0 Å². The Hall–Kier alpha value is -2.33. The van der Waals surface area contributed by atoms with Gasteiger partial charge in [-0.1, -0.05) is 42.5 Å². The normalized spacial score (nSPS) is 17.8. The Morgan fingerprint density at radius 1 is 1.25 bits per heavy atom. The van der Waals surface area contributed by atoms with Crippen molar-refractivity contribution in [2.24, 2.45) is 0 Å². The number of nitrogens with one attached hydrogen (secondary N) is 1. The van der Waals surface area contributed by atoms with E-state index in [0.29, 0.717) is 6.42 Å². The average molecular weight is 325 g/mol. The molecule has 1 unspecified atom stereocenters. The van der Waals surface area contributed by atoms with Crippen LogP contribution in [0.15, 0.2) is 48.5 Å². The zero-order valence-electron chi connectivity index (χ0n) is 13.9. The molecule has 0 saturated carbocycles. The van der Waals surface area contributed by atoms with Gasteiger partial charge in [-0.3, -0.25) is 4.79 Å². The minimum absolute atomic E-state index is 0.175. The molecule has 0 amide bonds. The summed E-state index contributed by atoms with van der Waals surface area (Å²) in [5, 5.41) is 12.9. The second-order valence-electron chi connectivity index (χ2n) is 6.28. The zero-order chi connectivity index (χ0) is 16.9. The second kappa shape index (κ2) is 7.49. The van der Waals surface area contributed by atoms with E-state index in [1.54, 1.807) is 7.11 Å². The van der Waals surface area contributed by atoms with Crippen molar-refractivity contribution in [3.05, 3.63) is 65.2 Å². The fourth-order valence-electron chi connectivity index (χ4n) is 3.46. The smallest absolute Gasteiger partial charge is 0.321 e. The molecule has 2 atom stereocenters. The number of aliphatic carboxylic acids is 1. The van der Waals surface area contributed by atoms with Gasteiger partial charge in [0.05, 0.1) is 7.11 Å². The van der Waals surface area contributed by atoms with E-state index in [0.717, 1.165) is 30.6 Å². The van der Waals surface area contributed by atoms with Gasteiger partial charge in [0, 0.05) is 6.04 Å². The van der Waals surface area contributed by atoms with Gasteiger partial charge in [0.25, 0.3) is 0 Å². The third kappa shape index (κ3) is 3.77. The Kier molecular flexibility index (Phi) is 5.16. The van der Waals surface area contributed by atoms with Crippen LogP contribution in [0.25, 0.3) is 0 Å². The Balaban J connectivity index is 1.69. The molecule has 2 N–H and O–H groups in total.